The van der Waals surface area contributed by atoms with Crippen molar-refractivity contribution in [1.29, 1.82) is 0 Å². The number of aryl methyl sites for hydroxylation is 2. The van der Waals surface area contributed by atoms with Crippen LogP contribution in [0.25, 0.3) is 11.4 Å². The van der Waals surface area contributed by atoms with Crippen LogP contribution in [0.1, 0.15) is 22.6 Å². The van der Waals surface area contributed by atoms with Gasteiger partial charge in [0.25, 0.3) is 0 Å². The summed E-state index contributed by atoms with van der Waals surface area (Å²) in [5, 5.41) is 4.55. The van der Waals surface area contributed by atoms with Crippen molar-refractivity contribution in [3.05, 3.63) is 59.2 Å². The van der Waals surface area contributed by atoms with Gasteiger partial charge in [0.05, 0.1) is 11.4 Å². The number of hydrogen-bond acceptors (Lipinski definition) is 5. The summed E-state index contributed by atoms with van der Waals surface area (Å²) in [7, 11) is 1.98. The van der Waals surface area contributed by atoms with Gasteiger partial charge in [-0.1, -0.05) is 0 Å². The Hall–Kier alpha value is -2.73. The standard InChI is InChI=1S/C19H22N6/c1-13-9-17(23-24(13)2)12-25-8-7-18-15(11-25)10-21-19(22-18)14-3-5-16(20)6-4-14/h3-6,9-10H,7-8,11-12,20H2,1-2H3. The molecule has 4 rings (SSSR count). The van der Waals surface area contributed by atoms with E-state index in [1.807, 2.05) is 42.2 Å². The predicted octanol–water partition coefficient (Wildman–Crippen LogP) is 2.33. The van der Waals surface area contributed by atoms with E-state index >= 15 is 0 Å². The highest BCUT2D eigenvalue weighted by Crippen LogP contribution is 2.22. The Balaban J connectivity index is 1.51. The molecule has 0 saturated carbocycles. The Morgan fingerprint density at radius 2 is 2.00 bits per heavy atom. The van der Waals surface area contributed by atoms with Gasteiger partial charge in [-0.3, -0.25) is 9.58 Å². The second-order valence-corrected chi connectivity index (χ2v) is 6.65. The number of hydrogen-bond donors (Lipinski definition) is 1. The molecule has 0 saturated heterocycles. The van der Waals surface area contributed by atoms with E-state index < -0.39 is 0 Å². The van der Waals surface area contributed by atoms with Gasteiger partial charge in [-0.25, -0.2) is 9.97 Å². The summed E-state index contributed by atoms with van der Waals surface area (Å²) in [6.07, 6.45) is 2.90. The van der Waals surface area contributed by atoms with Gasteiger partial charge in [-0.2, -0.15) is 5.10 Å². The summed E-state index contributed by atoms with van der Waals surface area (Å²) in [4.78, 5) is 11.7. The minimum absolute atomic E-state index is 0.752. The lowest BCUT2D eigenvalue weighted by Gasteiger charge is -2.27. The van der Waals surface area contributed by atoms with E-state index in [4.69, 9.17) is 10.7 Å². The number of rotatable bonds is 3. The van der Waals surface area contributed by atoms with Crippen molar-refractivity contribution < 1.29 is 0 Å². The first kappa shape index (κ1) is 15.8. The maximum absolute atomic E-state index is 5.75. The molecule has 0 bridgehead atoms. The lowest BCUT2D eigenvalue weighted by Crippen LogP contribution is -2.31. The van der Waals surface area contributed by atoms with Gasteiger partial charge in [0, 0.05) is 61.8 Å². The van der Waals surface area contributed by atoms with E-state index in [2.05, 4.69) is 28.0 Å². The average Bonchev–Trinajstić information content (AvgIpc) is 2.92. The highest BCUT2D eigenvalue weighted by Gasteiger charge is 2.19. The topological polar surface area (TPSA) is 72.9 Å². The predicted molar refractivity (Wildman–Crippen MR) is 97.6 cm³/mol. The zero-order chi connectivity index (χ0) is 17.4. The van der Waals surface area contributed by atoms with E-state index in [0.717, 1.165) is 54.5 Å². The van der Waals surface area contributed by atoms with Crippen molar-refractivity contribution in [3.63, 3.8) is 0 Å². The summed E-state index contributed by atoms with van der Waals surface area (Å²) in [6, 6.07) is 9.85. The Morgan fingerprint density at radius 3 is 2.72 bits per heavy atom. The number of nitrogens with two attached hydrogens (primary N) is 1. The van der Waals surface area contributed by atoms with E-state index in [-0.39, 0.29) is 0 Å². The van der Waals surface area contributed by atoms with Crippen molar-refractivity contribution in [2.45, 2.75) is 26.4 Å². The highest BCUT2D eigenvalue weighted by atomic mass is 15.3. The molecule has 0 spiro atoms. The molecule has 2 N–H and O–H groups in total. The molecule has 0 radical (unpaired) electrons. The third kappa shape index (κ3) is 3.25. The van der Waals surface area contributed by atoms with Gasteiger partial charge in [0.2, 0.25) is 0 Å². The van der Waals surface area contributed by atoms with Crippen LogP contribution >= 0.6 is 0 Å². The number of fused-ring (bicyclic) bond motifs is 1. The number of aromatic nitrogens is 4. The normalized spacial score (nSPS) is 14.5. The summed E-state index contributed by atoms with van der Waals surface area (Å²) < 4.78 is 1.93. The van der Waals surface area contributed by atoms with Crippen LogP contribution in [0.3, 0.4) is 0 Å². The van der Waals surface area contributed by atoms with E-state index in [0.29, 0.717) is 0 Å². The van der Waals surface area contributed by atoms with E-state index in [1.54, 1.807) is 0 Å². The number of nitrogen functional groups attached to an aromatic ring is 1. The Labute approximate surface area is 147 Å². The first-order valence-electron chi connectivity index (χ1n) is 8.51. The number of nitrogens with zero attached hydrogens (tertiary/aromatic N) is 5. The lowest BCUT2D eigenvalue weighted by atomic mass is 10.1. The van der Waals surface area contributed by atoms with Gasteiger partial charge >= 0.3 is 0 Å². The molecule has 128 valence electrons. The molecular weight excluding hydrogens is 312 g/mol. The molecule has 1 aromatic carbocycles. The zero-order valence-corrected chi connectivity index (χ0v) is 14.6. The van der Waals surface area contributed by atoms with Crippen LogP contribution < -0.4 is 5.73 Å². The first-order valence-corrected chi connectivity index (χ1v) is 8.51. The molecule has 0 aliphatic carbocycles. The minimum Gasteiger partial charge on any atom is -0.399 e. The first-order chi connectivity index (χ1) is 12.1. The fraction of sp³-hybridized carbons (Fsp3) is 0.316. The van der Waals surface area contributed by atoms with Crippen molar-refractivity contribution in [1.82, 2.24) is 24.6 Å². The van der Waals surface area contributed by atoms with E-state index in [9.17, 15) is 0 Å². The van der Waals surface area contributed by atoms with Crippen LogP contribution in [-0.4, -0.2) is 31.2 Å². The van der Waals surface area contributed by atoms with Crippen LogP contribution in [0.4, 0.5) is 5.69 Å². The van der Waals surface area contributed by atoms with Gasteiger partial charge in [0.15, 0.2) is 5.82 Å². The molecule has 1 aliphatic heterocycles. The summed E-state index contributed by atoms with van der Waals surface area (Å²) >= 11 is 0. The van der Waals surface area contributed by atoms with Crippen LogP contribution in [0.5, 0.6) is 0 Å². The molecule has 2 aromatic heterocycles. The molecule has 1 aliphatic rings. The van der Waals surface area contributed by atoms with Crippen LogP contribution in [0, 0.1) is 6.92 Å². The largest absolute Gasteiger partial charge is 0.399 e. The maximum Gasteiger partial charge on any atom is 0.159 e. The maximum atomic E-state index is 5.75. The summed E-state index contributed by atoms with van der Waals surface area (Å²) in [5.74, 6) is 0.771. The Morgan fingerprint density at radius 1 is 1.20 bits per heavy atom. The van der Waals surface area contributed by atoms with Crippen molar-refractivity contribution in [3.8, 4) is 11.4 Å². The molecule has 0 unspecified atom stereocenters. The number of anilines is 1. The monoisotopic (exact) mass is 334 g/mol. The second kappa shape index (κ2) is 6.29. The molecule has 0 atom stereocenters. The molecular formula is C19H22N6. The van der Waals surface area contributed by atoms with Gasteiger partial charge in [-0.05, 0) is 37.3 Å². The molecule has 25 heavy (non-hydrogen) atoms. The highest BCUT2D eigenvalue weighted by molar-refractivity contribution is 5.58. The van der Waals surface area contributed by atoms with Crippen LogP contribution in [-0.2, 0) is 26.6 Å². The fourth-order valence-corrected chi connectivity index (χ4v) is 3.22. The third-order valence-corrected chi connectivity index (χ3v) is 4.73. The fourth-order valence-electron chi connectivity index (χ4n) is 3.22. The molecule has 6 heteroatoms. The number of benzene rings is 1. The lowest BCUT2D eigenvalue weighted by molar-refractivity contribution is 0.239. The van der Waals surface area contributed by atoms with Crippen LogP contribution in [0.15, 0.2) is 36.5 Å². The quantitative estimate of drug-likeness (QED) is 0.744. The van der Waals surface area contributed by atoms with Gasteiger partial charge in [-0.15, -0.1) is 0 Å². The zero-order valence-electron chi connectivity index (χ0n) is 14.6. The van der Waals surface area contributed by atoms with E-state index in [1.165, 1.54) is 11.3 Å². The smallest absolute Gasteiger partial charge is 0.159 e. The molecule has 6 nitrogen and oxygen atoms in total. The molecule has 3 heterocycles. The minimum atomic E-state index is 0.752. The Bertz CT molecular complexity index is 877. The van der Waals surface area contributed by atoms with Crippen molar-refractivity contribution >= 4 is 5.69 Å². The Kier molecular flexibility index (Phi) is 3.97. The molecule has 0 fully saturated rings. The SMILES string of the molecule is Cc1cc(CN2CCc3nc(-c4ccc(N)cc4)ncc3C2)nn1C. The second-order valence-electron chi connectivity index (χ2n) is 6.65. The summed E-state index contributed by atoms with van der Waals surface area (Å²) in [6.45, 7) is 4.79. The van der Waals surface area contributed by atoms with Crippen molar-refractivity contribution in [2.75, 3.05) is 12.3 Å². The molecule has 0 amide bonds. The van der Waals surface area contributed by atoms with Crippen molar-refractivity contribution in [2.24, 2.45) is 7.05 Å². The summed E-state index contributed by atoms with van der Waals surface area (Å²) in [5.41, 5.74) is 12.2. The average molecular weight is 334 g/mol. The van der Waals surface area contributed by atoms with Gasteiger partial charge < -0.3 is 5.73 Å². The van der Waals surface area contributed by atoms with Gasteiger partial charge in [0.1, 0.15) is 0 Å². The van der Waals surface area contributed by atoms with Crippen LogP contribution in [0.2, 0.25) is 0 Å². The molecule has 3 aromatic rings. The third-order valence-electron chi connectivity index (χ3n) is 4.73.